The number of halogens is 1. The molecule has 2 aromatic rings. The molecule has 0 fully saturated rings. The minimum absolute atomic E-state index is 0.226. The summed E-state index contributed by atoms with van der Waals surface area (Å²) in [6, 6.07) is 15.1. The van der Waals surface area contributed by atoms with Crippen molar-refractivity contribution in [2.45, 2.75) is 26.3 Å². The zero-order valence-corrected chi connectivity index (χ0v) is 15.0. The number of hydrogen-bond acceptors (Lipinski definition) is 2. The summed E-state index contributed by atoms with van der Waals surface area (Å²) in [7, 11) is 1.71. The van der Waals surface area contributed by atoms with Gasteiger partial charge >= 0.3 is 0 Å². The molecule has 2 aromatic carbocycles. The van der Waals surface area contributed by atoms with Crippen molar-refractivity contribution < 1.29 is 4.74 Å². The minimum Gasteiger partial charge on any atom is -0.497 e. The smallest absolute Gasteiger partial charge is 0.119 e. The average molecular weight is 395 g/mol. The van der Waals surface area contributed by atoms with Crippen molar-refractivity contribution in [3.63, 3.8) is 0 Å². The molecule has 2 rings (SSSR count). The van der Waals surface area contributed by atoms with Crippen molar-refractivity contribution in [3.05, 3.63) is 62.7 Å². The van der Waals surface area contributed by atoms with E-state index in [4.69, 9.17) is 4.74 Å². The van der Waals surface area contributed by atoms with Crippen molar-refractivity contribution >= 4 is 22.6 Å². The van der Waals surface area contributed by atoms with Gasteiger partial charge in [-0.25, -0.2) is 0 Å². The van der Waals surface area contributed by atoms with Crippen LogP contribution in [0.2, 0.25) is 0 Å². The van der Waals surface area contributed by atoms with Crippen molar-refractivity contribution in [3.8, 4) is 5.75 Å². The van der Waals surface area contributed by atoms with E-state index in [0.717, 1.165) is 18.7 Å². The predicted octanol–water partition coefficient (Wildman–Crippen LogP) is 4.70. The summed E-state index contributed by atoms with van der Waals surface area (Å²) in [4.78, 5) is 0. The van der Waals surface area contributed by atoms with Crippen molar-refractivity contribution in [2.24, 2.45) is 0 Å². The third kappa shape index (κ3) is 3.98. The van der Waals surface area contributed by atoms with Gasteiger partial charge < -0.3 is 10.1 Å². The van der Waals surface area contributed by atoms with E-state index in [-0.39, 0.29) is 6.04 Å². The topological polar surface area (TPSA) is 21.3 Å². The van der Waals surface area contributed by atoms with E-state index in [0.29, 0.717) is 0 Å². The maximum Gasteiger partial charge on any atom is 0.119 e. The molecule has 0 aromatic heterocycles. The van der Waals surface area contributed by atoms with Crippen molar-refractivity contribution in [1.29, 1.82) is 0 Å². The molecule has 0 heterocycles. The van der Waals surface area contributed by atoms with Crippen LogP contribution in [0.3, 0.4) is 0 Å². The molecule has 112 valence electrons. The number of aryl methyl sites for hydroxylation is 1. The lowest BCUT2D eigenvalue weighted by molar-refractivity contribution is 0.414. The molecule has 0 saturated carbocycles. The molecule has 0 amide bonds. The van der Waals surface area contributed by atoms with E-state index in [9.17, 15) is 0 Å². The van der Waals surface area contributed by atoms with Gasteiger partial charge in [0.1, 0.15) is 5.75 Å². The van der Waals surface area contributed by atoms with Crippen LogP contribution in [0, 0.1) is 10.5 Å². The maximum atomic E-state index is 5.32. The molecule has 3 heteroatoms. The molecule has 1 N–H and O–H groups in total. The normalized spacial score (nSPS) is 12.2. The van der Waals surface area contributed by atoms with Gasteiger partial charge in [-0.15, -0.1) is 0 Å². The van der Waals surface area contributed by atoms with Crippen molar-refractivity contribution in [1.82, 2.24) is 5.32 Å². The van der Waals surface area contributed by atoms with Crippen LogP contribution in [0.4, 0.5) is 0 Å². The van der Waals surface area contributed by atoms with Gasteiger partial charge in [0, 0.05) is 3.57 Å². The number of ether oxygens (including phenoxy) is 1. The second kappa shape index (κ2) is 7.80. The Morgan fingerprint density at radius 3 is 2.52 bits per heavy atom. The third-order valence-corrected chi connectivity index (χ3v) is 4.59. The highest BCUT2D eigenvalue weighted by molar-refractivity contribution is 14.1. The van der Waals surface area contributed by atoms with E-state index in [1.807, 2.05) is 6.07 Å². The summed E-state index contributed by atoms with van der Waals surface area (Å²) >= 11 is 2.42. The first kappa shape index (κ1) is 16.3. The Morgan fingerprint density at radius 2 is 1.90 bits per heavy atom. The number of hydrogen-bond donors (Lipinski definition) is 1. The molecule has 21 heavy (non-hydrogen) atoms. The minimum atomic E-state index is 0.226. The molecule has 2 nitrogen and oxygen atoms in total. The zero-order chi connectivity index (χ0) is 15.2. The van der Waals surface area contributed by atoms with Crippen LogP contribution in [-0.2, 0) is 0 Å². The molecule has 1 atom stereocenters. The summed E-state index contributed by atoms with van der Waals surface area (Å²) in [5, 5.41) is 3.68. The summed E-state index contributed by atoms with van der Waals surface area (Å²) < 4.78 is 6.61. The SMILES string of the molecule is CCCNC(c1ccc(OC)cc1C)c1ccccc1I. The van der Waals surface area contributed by atoms with Crippen LogP contribution in [0.25, 0.3) is 0 Å². The quantitative estimate of drug-likeness (QED) is 0.717. The highest BCUT2D eigenvalue weighted by atomic mass is 127. The number of benzene rings is 2. The first-order chi connectivity index (χ1) is 10.2. The molecule has 0 spiro atoms. The first-order valence-electron chi connectivity index (χ1n) is 7.29. The molecule has 1 unspecified atom stereocenters. The van der Waals surface area contributed by atoms with Crippen LogP contribution >= 0.6 is 22.6 Å². The van der Waals surface area contributed by atoms with E-state index in [1.165, 1.54) is 20.3 Å². The summed E-state index contributed by atoms with van der Waals surface area (Å²) in [5.74, 6) is 0.910. The second-order valence-electron chi connectivity index (χ2n) is 5.13. The van der Waals surface area contributed by atoms with E-state index < -0.39 is 0 Å². The van der Waals surface area contributed by atoms with E-state index in [2.05, 4.69) is 78.2 Å². The fourth-order valence-corrected chi connectivity index (χ4v) is 3.18. The van der Waals surface area contributed by atoms with Gasteiger partial charge in [0.05, 0.1) is 13.2 Å². The molecule has 0 bridgehead atoms. The molecule has 0 aliphatic rings. The zero-order valence-electron chi connectivity index (χ0n) is 12.8. The van der Waals surface area contributed by atoms with E-state index >= 15 is 0 Å². The summed E-state index contributed by atoms with van der Waals surface area (Å²) in [5.41, 5.74) is 3.90. The Labute approximate surface area is 141 Å². The molecule has 0 aliphatic heterocycles. The van der Waals surface area contributed by atoms with Crippen LogP contribution < -0.4 is 10.1 Å². The Kier molecular flexibility index (Phi) is 6.06. The largest absolute Gasteiger partial charge is 0.497 e. The van der Waals surface area contributed by atoms with Gasteiger partial charge in [0.2, 0.25) is 0 Å². The fourth-order valence-electron chi connectivity index (χ4n) is 2.48. The van der Waals surface area contributed by atoms with E-state index in [1.54, 1.807) is 7.11 Å². The Bertz CT molecular complexity index is 598. The average Bonchev–Trinajstić information content (AvgIpc) is 2.50. The molecule has 0 radical (unpaired) electrons. The monoisotopic (exact) mass is 395 g/mol. The maximum absolute atomic E-state index is 5.32. The molecular weight excluding hydrogens is 373 g/mol. The number of rotatable bonds is 6. The van der Waals surface area contributed by atoms with Crippen LogP contribution in [0.5, 0.6) is 5.75 Å². The Balaban J connectivity index is 2.43. The van der Waals surface area contributed by atoms with Crippen molar-refractivity contribution in [2.75, 3.05) is 13.7 Å². The molecule has 0 aliphatic carbocycles. The highest BCUT2D eigenvalue weighted by Gasteiger charge is 2.17. The first-order valence-corrected chi connectivity index (χ1v) is 8.37. The van der Waals surface area contributed by atoms with Gasteiger partial charge in [-0.2, -0.15) is 0 Å². The van der Waals surface area contributed by atoms with Gasteiger partial charge in [0.15, 0.2) is 0 Å². The van der Waals surface area contributed by atoms with Crippen LogP contribution in [-0.4, -0.2) is 13.7 Å². The Morgan fingerprint density at radius 1 is 1.14 bits per heavy atom. The number of nitrogens with one attached hydrogen (secondary N) is 1. The van der Waals surface area contributed by atoms with Crippen LogP contribution in [0.1, 0.15) is 36.1 Å². The second-order valence-corrected chi connectivity index (χ2v) is 6.29. The summed E-state index contributed by atoms with van der Waals surface area (Å²) in [6.07, 6.45) is 1.12. The van der Waals surface area contributed by atoms with Crippen LogP contribution in [0.15, 0.2) is 42.5 Å². The highest BCUT2D eigenvalue weighted by Crippen LogP contribution is 2.30. The lowest BCUT2D eigenvalue weighted by atomic mass is 9.94. The fraction of sp³-hybridized carbons (Fsp3) is 0.333. The Hall–Kier alpha value is -1.07. The van der Waals surface area contributed by atoms with Gasteiger partial charge in [-0.3, -0.25) is 0 Å². The van der Waals surface area contributed by atoms with Gasteiger partial charge in [0.25, 0.3) is 0 Å². The molecular formula is C18H22INO. The molecule has 0 saturated heterocycles. The van der Waals surface area contributed by atoms with Gasteiger partial charge in [-0.05, 0) is 77.4 Å². The number of methoxy groups -OCH3 is 1. The lowest BCUT2D eigenvalue weighted by Crippen LogP contribution is -2.24. The predicted molar refractivity (Wildman–Crippen MR) is 97.0 cm³/mol. The van der Waals surface area contributed by atoms with Gasteiger partial charge in [-0.1, -0.05) is 31.2 Å². The summed E-state index contributed by atoms with van der Waals surface area (Å²) in [6.45, 7) is 5.34. The standard InChI is InChI=1S/C18H22INO/c1-4-11-20-18(16-7-5-6-8-17(16)19)15-10-9-14(21-3)12-13(15)2/h5-10,12,18,20H,4,11H2,1-3H3. The lowest BCUT2D eigenvalue weighted by Gasteiger charge is -2.23. The third-order valence-electron chi connectivity index (χ3n) is 3.60.